The average molecular weight is 385 g/mol. The zero-order chi connectivity index (χ0) is 18.8. The minimum atomic E-state index is -0.238. The molecule has 0 unspecified atom stereocenters. The van der Waals surface area contributed by atoms with Crippen molar-refractivity contribution < 1.29 is 9.18 Å². The van der Waals surface area contributed by atoms with Crippen molar-refractivity contribution in [3.8, 4) is 0 Å². The van der Waals surface area contributed by atoms with Gasteiger partial charge in [0.2, 0.25) is 5.91 Å². The minimum absolute atomic E-state index is 0.0486. The number of carbonyl (C=O) groups excluding carboxylic acids is 1. The summed E-state index contributed by atoms with van der Waals surface area (Å²) in [5.74, 6) is 0.508. The topological polar surface area (TPSA) is 61.4 Å². The third-order valence-corrected chi connectivity index (χ3v) is 5.64. The second kappa shape index (κ2) is 7.48. The highest BCUT2D eigenvalue weighted by Gasteiger charge is 2.21. The normalized spacial score (nSPS) is 14.6. The van der Waals surface area contributed by atoms with E-state index in [0.717, 1.165) is 33.9 Å². The summed E-state index contributed by atoms with van der Waals surface area (Å²) >= 11 is 1.61. The number of piperazine rings is 1. The second-order valence-corrected chi connectivity index (χ2v) is 7.73. The Morgan fingerprint density at radius 2 is 1.93 bits per heavy atom. The van der Waals surface area contributed by atoms with E-state index >= 15 is 0 Å². The van der Waals surface area contributed by atoms with Crippen molar-refractivity contribution in [3.05, 3.63) is 47.4 Å². The van der Waals surface area contributed by atoms with Crippen LogP contribution in [0.25, 0.3) is 10.2 Å². The van der Waals surface area contributed by atoms with Crippen molar-refractivity contribution in [1.29, 1.82) is 0 Å². The van der Waals surface area contributed by atoms with E-state index in [1.54, 1.807) is 23.5 Å². The van der Waals surface area contributed by atoms with E-state index in [-0.39, 0.29) is 18.3 Å². The lowest BCUT2D eigenvalue weighted by Crippen LogP contribution is -2.50. The highest BCUT2D eigenvalue weighted by molar-refractivity contribution is 7.18. The van der Waals surface area contributed by atoms with E-state index < -0.39 is 0 Å². The molecule has 0 radical (unpaired) electrons. The Morgan fingerprint density at radius 1 is 1.19 bits per heavy atom. The average Bonchev–Trinajstić information content (AvgIpc) is 3.07. The highest BCUT2D eigenvalue weighted by Crippen LogP contribution is 2.27. The van der Waals surface area contributed by atoms with Gasteiger partial charge in [0.1, 0.15) is 22.8 Å². The molecule has 0 aliphatic carbocycles. The molecule has 1 amide bonds. The Morgan fingerprint density at radius 3 is 2.67 bits per heavy atom. The fraction of sp³-hybridized carbons (Fsp3) is 0.316. The quantitative estimate of drug-likeness (QED) is 0.748. The first-order valence-electron chi connectivity index (χ1n) is 8.83. The molecule has 0 spiro atoms. The van der Waals surface area contributed by atoms with E-state index in [1.165, 1.54) is 18.5 Å². The summed E-state index contributed by atoms with van der Waals surface area (Å²) in [6.07, 6.45) is 1.52. The van der Waals surface area contributed by atoms with Crippen LogP contribution in [0.15, 0.2) is 36.7 Å². The molecule has 8 heteroatoms. The first-order chi connectivity index (χ1) is 13.1. The van der Waals surface area contributed by atoms with Gasteiger partial charge in [-0.05, 0) is 37.3 Å². The van der Waals surface area contributed by atoms with E-state index in [1.807, 2.05) is 17.9 Å². The third kappa shape index (κ3) is 3.85. The van der Waals surface area contributed by atoms with Gasteiger partial charge in [-0.15, -0.1) is 11.3 Å². The molecule has 0 atom stereocenters. The number of benzene rings is 1. The Kier molecular flexibility index (Phi) is 4.89. The van der Waals surface area contributed by atoms with Crippen LogP contribution in [0.5, 0.6) is 0 Å². The largest absolute Gasteiger partial charge is 0.368 e. The number of hydrogen-bond donors (Lipinski definition) is 1. The molecule has 1 saturated heterocycles. The number of anilines is 2. The number of nitrogens with zero attached hydrogens (tertiary/aromatic N) is 4. The number of hydrogen-bond acceptors (Lipinski definition) is 6. The summed E-state index contributed by atoms with van der Waals surface area (Å²) in [4.78, 5) is 27.2. The van der Waals surface area contributed by atoms with Crippen LogP contribution in [0, 0.1) is 12.7 Å². The lowest BCUT2D eigenvalue weighted by molar-refractivity contribution is -0.129. The number of aromatic nitrogens is 2. The van der Waals surface area contributed by atoms with Crippen LogP contribution in [0.2, 0.25) is 0 Å². The molecule has 3 aromatic rings. The van der Waals surface area contributed by atoms with Gasteiger partial charge in [0.15, 0.2) is 0 Å². The smallest absolute Gasteiger partial charge is 0.242 e. The molecule has 0 bridgehead atoms. The Hall–Kier alpha value is -2.74. The van der Waals surface area contributed by atoms with Crippen LogP contribution < -0.4 is 10.2 Å². The predicted molar refractivity (Wildman–Crippen MR) is 106 cm³/mol. The van der Waals surface area contributed by atoms with Crippen LogP contribution in [-0.4, -0.2) is 53.5 Å². The van der Waals surface area contributed by atoms with Gasteiger partial charge in [-0.2, -0.15) is 0 Å². The molecule has 1 N–H and O–H groups in total. The van der Waals surface area contributed by atoms with Crippen LogP contribution >= 0.6 is 11.3 Å². The van der Waals surface area contributed by atoms with Crippen molar-refractivity contribution in [1.82, 2.24) is 14.9 Å². The molecule has 6 nitrogen and oxygen atoms in total. The first kappa shape index (κ1) is 17.7. The van der Waals surface area contributed by atoms with E-state index in [9.17, 15) is 9.18 Å². The van der Waals surface area contributed by atoms with Crippen molar-refractivity contribution in [2.24, 2.45) is 0 Å². The molecule has 1 fully saturated rings. The summed E-state index contributed by atoms with van der Waals surface area (Å²) < 4.78 is 13.1. The summed E-state index contributed by atoms with van der Waals surface area (Å²) in [5.41, 5.74) is 0.984. The predicted octanol–water partition coefficient (Wildman–Crippen LogP) is 2.90. The number of halogens is 1. The summed E-state index contributed by atoms with van der Waals surface area (Å²) in [6, 6.07) is 8.51. The van der Waals surface area contributed by atoms with Crippen molar-refractivity contribution in [2.45, 2.75) is 6.92 Å². The van der Waals surface area contributed by atoms with Crippen LogP contribution in [-0.2, 0) is 4.79 Å². The fourth-order valence-corrected chi connectivity index (χ4v) is 4.10. The zero-order valence-electron chi connectivity index (χ0n) is 15.0. The molecule has 4 rings (SSSR count). The molecule has 27 heavy (non-hydrogen) atoms. The fourth-order valence-electron chi connectivity index (χ4n) is 3.25. The van der Waals surface area contributed by atoms with Gasteiger partial charge in [-0.25, -0.2) is 14.4 Å². The summed E-state index contributed by atoms with van der Waals surface area (Å²) in [5, 5.41) is 4.11. The number of fused-ring (bicyclic) bond motifs is 1. The monoisotopic (exact) mass is 385 g/mol. The lowest BCUT2D eigenvalue weighted by atomic mass is 10.2. The Labute approximate surface area is 160 Å². The summed E-state index contributed by atoms with van der Waals surface area (Å²) in [7, 11) is 0. The van der Waals surface area contributed by atoms with Gasteiger partial charge < -0.3 is 15.1 Å². The third-order valence-electron chi connectivity index (χ3n) is 4.68. The number of amides is 1. The van der Waals surface area contributed by atoms with E-state index in [4.69, 9.17) is 0 Å². The molecule has 1 aliphatic heterocycles. The highest BCUT2D eigenvalue weighted by atomic mass is 32.1. The van der Waals surface area contributed by atoms with Crippen LogP contribution in [0.3, 0.4) is 0 Å². The number of nitrogens with one attached hydrogen (secondary N) is 1. The van der Waals surface area contributed by atoms with Crippen LogP contribution in [0.1, 0.15) is 4.88 Å². The lowest BCUT2D eigenvalue weighted by Gasteiger charge is -2.36. The van der Waals surface area contributed by atoms with Gasteiger partial charge in [-0.1, -0.05) is 0 Å². The van der Waals surface area contributed by atoms with Gasteiger partial charge in [-0.3, -0.25) is 4.79 Å². The second-order valence-electron chi connectivity index (χ2n) is 6.50. The number of carbonyl (C=O) groups is 1. The standard InChI is InChI=1S/C19H20FN5OS/c1-13-10-16-18(22-12-23-19(16)27-13)21-11-17(26)25-8-6-24(7-9-25)15-4-2-14(20)3-5-15/h2-5,10,12H,6-9,11H2,1H3,(H,21,22,23). The number of aryl methyl sites for hydroxylation is 1. The molecular weight excluding hydrogens is 365 g/mol. The molecule has 0 saturated carbocycles. The van der Waals surface area contributed by atoms with E-state index in [0.29, 0.717) is 18.9 Å². The number of thiophene rings is 1. The molecule has 140 valence electrons. The van der Waals surface area contributed by atoms with Gasteiger partial charge in [0, 0.05) is 36.7 Å². The maximum atomic E-state index is 13.1. The maximum Gasteiger partial charge on any atom is 0.242 e. The number of rotatable bonds is 4. The molecule has 2 aromatic heterocycles. The SMILES string of the molecule is Cc1cc2c(NCC(=O)N3CCN(c4ccc(F)cc4)CC3)ncnc2s1. The Balaban J connectivity index is 1.33. The van der Waals surface area contributed by atoms with Crippen molar-refractivity contribution >= 4 is 39.0 Å². The van der Waals surface area contributed by atoms with E-state index in [2.05, 4.69) is 20.2 Å². The zero-order valence-corrected chi connectivity index (χ0v) is 15.8. The minimum Gasteiger partial charge on any atom is -0.368 e. The van der Waals surface area contributed by atoms with Crippen LogP contribution in [0.4, 0.5) is 15.9 Å². The Bertz CT molecular complexity index is 950. The molecule has 1 aromatic carbocycles. The van der Waals surface area contributed by atoms with Crippen molar-refractivity contribution in [3.63, 3.8) is 0 Å². The molecule has 1 aliphatic rings. The van der Waals surface area contributed by atoms with Crippen molar-refractivity contribution in [2.75, 3.05) is 42.9 Å². The molecule has 3 heterocycles. The van der Waals surface area contributed by atoms with Gasteiger partial charge in [0.25, 0.3) is 0 Å². The van der Waals surface area contributed by atoms with Gasteiger partial charge in [0.05, 0.1) is 11.9 Å². The maximum absolute atomic E-state index is 13.1. The molecular formula is C19H20FN5OS. The van der Waals surface area contributed by atoms with Gasteiger partial charge >= 0.3 is 0 Å². The first-order valence-corrected chi connectivity index (χ1v) is 9.65. The summed E-state index contributed by atoms with van der Waals surface area (Å²) in [6.45, 7) is 5.00.